The first-order valence-corrected chi connectivity index (χ1v) is 7.52. The maximum absolute atomic E-state index is 12.6. The Morgan fingerprint density at radius 3 is 2.53 bits per heavy atom. The van der Waals surface area contributed by atoms with E-state index in [9.17, 15) is 4.79 Å². The predicted octanol–water partition coefficient (Wildman–Crippen LogP) is 1.15. The van der Waals surface area contributed by atoms with Crippen LogP contribution in [0.15, 0.2) is 0 Å². The van der Waals surface area contributed by atoms with Crippen molar-refractivity contribution in [3.8, 4) is 0 Å². The van der Waals surface area contributed by atoms with Crippen molar-refractivity contribution in [2.75, 3.05) is 45.9 Å². The van der Waals surface area contributed by atoms with E-state index in [-0.39, 0.29) is 12.1 Å². The largest absolute Gasteiger partial charge is 0.378 e. The summed E-state index contributed by atoms with van der Waals surface area (Å²) in [7, 11) is 0. The van der Waals surface area contributed by atoms with E-state index in [1.165, 1.54) is 12.8 Å². The predicted molar refractivity (Wildman–Crippen MR) is 75.2 cm³/mol. The van der Waals surface area contributed by atoms with Crippen molar-refractivity contribution in [2.24, 2.45) is 5.92 Å². The fourth-order valence-corrected chi connectivity index (χ4v) is 2.79. The number of nitrogens with zero attached hydrogens (tertiary/aromatic N) is 2. The van der Waals surface area contributed by atoms with Gasteiger partial charge in [0.05, 0.1) is 13.2 Å². The Balaban J connectivity index is 1.91. The summed E-state index contributed by atoms with van der Waals surface area (Å²) in [5.74, 6) is 0.647. The van der Waals surface area contributed by atoms with Crippen molar-refractivity contribution in [1.29, 1.82) is 0 Å². The maximum Gasteiger partial charge on any atom is 0.320 e. The highest BCUT2D eigenvalue weighted by molar-refractivity contribution is 5.74. The van der Waals surface area contributed by atoms with Gasteiger partial charge in [-0.05, 0) is 45.7 Å². The number of amides is 2. The lowest BCUT2D eigenvalue weighted by molar-refractivity contribution is 0.0382. The number of piperidine rings is 1. The Morgan fingerprint density at radius 1 is 1.32 bits per heavy atom. The second kappa shape index (κ2) is 7.10. The minimum atomic E-state index is 0.192. The number of hydrogen-bond acceptors (Lipinski definition) is 3. The number of urea groups is 1. The number of rotatable bonds is 3. The fraction of sp³-hybridized carbons (Fsp3) is 0.929. The zero-order valence-corrected chi connectivity index (χ0v) is 12.2. The summed E-state index contributed by atoms with van der Waals surface area (Å²) in [4.78, 5) is 16.6. The molecule has 0 saturated carbocycles. The highest BCUT2D eigenvalue weighted by Gasteiger charge is 2.27. The van der Waals surface area contributed by atoms with Crippen LogP contribution in [0.1, 0.15) is 26.7 Å². The first-order chi connectivity index (χ1) is 9.18. The molecular weight excluding hydrogens is 242 g/mol. The summed E-state index contributed by atoms with van der Waals surface area (Å²) in [6.07, 6.45) is 2.36. The lowest BCUT2D eigenvalue weighted by atomic mass is 9.97. The Bertz CT molecular complexity index is 284. The molecule has 0 spiro atoms. The van der Waals surface area contributed by atoms with Gasteiger partial charge in [-0.1, -0.05) is 0 Å². The SMILES string of the molecule is CC(C)N(CC1CCNCC1)C(=O)N1CCOCC1. The Hall–Kier alpha value is -0.810. The molecule has 2 heterocycles. The van der Waals surface area contributed by atoms with Crippen LogP contribution in [0.4, 0.5) is 4.79 Å². The van der Waals surface area contributed by atoms with E-state index in [0.29, 0.717) is 19.1 Å². The normalized spacial score (nSPS) is 21.7. The van der Waals surface area contributed by atoms with Crippen LogP contribution in [0, 0.1) is 5.92 Å². The Labute approximate surface area is 116 Å². The molecule has 19 heavy (non-hydrogen) atoms. The van der Waals surface area contributed by atoms with E-state index in [1.54, 1.807) is 0 Å². The zero-order chi connectivity index (χ0) is 13.7. The molecule has 5 heteroatoms. The van der Waals surface area contributed by atoms with E-state index in [1.807, 2.05) is 9.80 Å². The second-order valence-corrected chi connectivity index (χ2v) is 5.82. The third-order valence-corrected chi connectivity index (χ3v) is 4.06. The van der Waals surface area contributed by atoms with Crippen LogP contribution in [-0.4, -0.2) is 67.8 Å². The number of nitrogens with one attached hydrogen (secondary N) is 1. The third kappa shape index (κ3) is 4.08. The molecule has 2 aliphatic heterocycles. The van der Waals surface area contributed by atoms with Crippen LogP contribution >= 0.6 is 0 Å². The van der Waals surface area contributed by atoms with Gasteiger partial charge in [0.15, 0.2) is 0 Å². The van der Waals surface area contributed by atoms with Gasteiger partial charge in [0.1, 0.15) is 0 Å². The van der Waals surface area contributed by atoms with Crippen molar-refractivity contribution < 1.29 is 9.53 Å². The molecule has 0 bridgehead atoms. The molecule has 0 atom stereocenters. The molecule has 0 aromatic heterocycles. The van der Waals surface area contributed by atoms with Crippen molar-refractivity contribution in [3.05, 3.63) is 0 Å². The topological polar surface area (TPSA) is 44.8 Å². The second-order valence-electron chi connectivity index (χ2n) is 5.82. The van der Waals surface area contributed by atoms with Crippen LogP contribution in [0.2, 0.25) is 0 Å². The Kier molecular flexibility index (Phi) is 5.45. The van der Waals surface area contributed by atoms with Crippen LogP contribution in [0.25, 0.3) is 0 Å². The van der Waals surface area contributed by atoms with Crippen LogP contribution < -0.4 is 5.32 Å². The molecule has 2 amide bonds. The number of morpholine rings is 1. The summed E-state index contributed by atoms with van der Waals surface area (Å²) in [6.45, 7) is 10.1. The summed E-state index contributed by atoms with van der Waals surface area (Å²) in [5.41, 5.74) is 0. The van der Waals surface area contributed by atoms with Gasteiger partial charge in [-0.15, -0.1) is 0 Å². The van der Waals surface area contributed by atoms with Gasteiger partial charge in [-0.3, -0.25) is 0 Å². The average molecular weight is 269 g/mol. The average Bonchev–Trinajstić information content (AvgIpc) is 2.46. The van der Waals surface area contributed by atoms with E-state index < -0.39 is 0 Å². The van der Waals surface area contributed by atoms with Crippen molar-refractivity contribution in [3.63, 3.8) is 0 Å². The minimum absolute atomic E-state index is 0.192. The molecule has 0 aliphatic carbocycles. The van der Waals surface area contributed by atoms with E-state index in [0.717, 1.165) is 32.7 Å². The van der Waals surface area contributed by atoms with E-state index in [2.05, 4.69) is 19.2 Å². The van der Waals surface area contributed by atoms with Gasteiger partial charge in [0.2, 0.25) is 0 Å². The quantitative estimate of drug-likeness (QED) is 0.836. The monoisotopic (exact) mass is 269 g/mol. The molecule has 0 radical (unpaired) electrons. The standard InChI is InChI=1S/C14H27N3O2/c1-12(2)17(11-13-3-5-15-6-4-13)14(18)16-7-9-19-10-8-16/h12-13,15H,3-11H2,1-2H3. The summed E-state index contributed by atoms with van der Waals surface area (Å²) in [5, 5.41) is 3.38. The van der Waals surface area contributed by atoms with Crippen LogP contribution in [0.3, 0.4) is 0 Å². The van der Waals surface area contributed by atoms with Crippen molar-refractivity contribution >= 4 is 6.03 Å². The molecule has 2 saturated heterocycles. The van der Waals surface area contributed by atoms with E-state index >= 15 is 0 Å². The number of ether oxygens (including phenoxy) is 1. The van der Waals surface area contributed by atoms with Gasteiger partial charge in [-0.2, -0.15) is 0 Å². The smallest absolute Gasteiger partial charge is 0.320 e. The first kappa shape index (κ1) is 14.6. The number of hydrogen-bond donors (Lipinski definition) is 1. The highest BCUT2D eigenvalue weighted by atomic mass is 16.5. The molecule has 0 unspecified atom stereocenters. The lowest BCUT2D eigenvalue weighted by Gasteiger charge is -2.37. The van der Waals surface area contributed by atoms with E-state index in [4.69, 9.17) is 4.74 Å². The molecule has 110 valence electrons. The molecule has 2 aliphatic rings. The van der Waals surface area contributed by atoms with Crippen LogP contribution in [0.5, 0.6) is 0 Å². The molecule has 2 rings (SSSR count). The lowest BCUT2D eigenvalue weighted by Crippen LogP contribution is -2.52. The number of carbonyl (C=O) groups excluding carboxylic acids is 1. The van der Waals surface area contributed by atoms with Gasteiger partial charge in [-0.25, -0.2) is 4.79 Å². The maximum atomic E-state index is 12.6. The van der Waals surface area contributed by atoms with Gasteiger partial charge >= 0.3 is 6.03 Å². The zero-order valence-electron chi connectivity index (χ0n) is 12.2. The number of carbonyl (C=O) groups is 1. The summed E-state index contributed by atoms with van der Waals surface area (Å²) in [6, 6.07) is 0.460. The Morgan fingerprint density at radius 2 is 1.95 bits per heavy atom. The van der Waals surface area contributed by atoms with Crippen molar-refractivity contribution in [1.82, 2.24) is 15.1 Å². The molecular formula is C14H27N3O2. The minimum Gasteiger partial charge on any atom is -0.378 e. The summed E-state index contributed by atoms with van der Waals surface area (Å²) < 4.78 is 5.32. The molecule has 0 aromatic carbocycles. The summed E-state index contributed by atoms with van der Waals surface area (Å²) >= 11 is 0. The molecule has 2 fully saturated rings. The van der Waals surface area contributed by atoms with Gasteiger partial charge in [0, 0.05) is 25.7 Å². The van der Waals surface area contributed by atoms with Gasteiger partial charge < -0.3 is 19.9 Å². The van der Waals surface area contributed by atoms with Crippen LogP contribution in [-0.2, 0) is 4.74 Å². The molecule has 1 N–H and O–H groups in total. The highest BCUT2D eigenvalue weighted by Crippen LogP contribution is 2.17. The first-order valence-electron chi connectivity index (χ1n) is 7.52. The van der Waals surface area contributed by atoms with Crippen molar-refractivity contribution in [2.45, 2.75) is 32.7 Å². The molecule has 5 nitrogen and oxygen atoms in total. The molecule has 0 aromatic rings. The van der Waals surface area contributed by atoms with Gasteiger partial charge in [0.25, 0.3) is 0 Å². The third-order valence-electron chi connectivity index (χ3n) is 4.06. The fourth-order valence-electron chi connectivity index (χ4n) is 2.79.